The van der Waals surface area contributed by atoms with E-state index in [0.29, 0.717) is 10.8 Å². The maximum Gasteiger partial charge on any atom is 0.260 e. The van der Waals surface area contributed by atoms with Gasteiger partial charge in [0.25, 0.3) is 5.91 Å². The van der Waals surface area contributed by atoms with E-state index in [1.807, 2.05) is 6.92 Å². The molecule has 0 saturated heterocycles. The minimum Gasteiger partial charge on any atom is -0.483 e. The Bertz CT molecular complexity index is 453. The highest BCUT2D eigenvalue weighted by Gasteiger charge is 2.14. The van der Waals surface area contributed by atoms with Crippen LogP contribution in [0.4, 0.5) is 0 Å². The van der Waals surface area contributed by atoms with E-state index in [0.717, 1.165) is 5.56 Å². The number of aliphatic hydroxyl groups excluding tert-OH is 1. The van der Waals surface area contributed by atoms with E-state index in [9.17, 15) is 9.90 Å². The second-order valence-electron chi connectivity index (χ2n) is 4.58. The van der Waals surface area contributed by atoms with Gasteiger partial charge in [0, 0.05) is 25.7 Å². The molecular weight excluding hydrogens is 282 g/mol. The molecule has 0 aliphatic heterocycles. The lowest BCUT2D eigenvalue weighted by molar-refractivity contribution is -0.133. The first-order chi connectivity index (χ1) is 9.43. The lowest BCUT2D eigenvalue weighted by Gasteiger charge is -2.20. The summed E-state index contributed by atoms with van der Waals surface area (Å²) in [5, 5.41) is 10.2. The van der Waals surface area contributed by atoms with E-state index in [1.165, 1.54) is 12.0 Å². The number of rotatable bonds is 7. The Balaban J connectivity index is 2.46. The molecule has 5 nitrogen and oxygen atoms in total. The van der Waals surface area contributed by atoms with Crippen molar-refractivity contribution in [2.75, 3.05) is 33.9 Å². The highest BCUT2D eigenvalue weighted by atomic mass is 35.5. The fourth-order valence-corrected chi connectivity index (χ4v) is 1.91. The van der Waals surface area contributed by atoms with Gasteiger partial charge in [-0.15, -0.1) is 0 Å². The van der Waals surface area contributed by atoms with E-state index in [-0.39, 0.29) is 25.7 Å². The zero-order chi connectivity index (χ0) is 15.1. The summed E-state index contributed by atoms with van der Waals surface area (Å²) in [6.07, 6.45) is -0.703. The van der Waals surface area contributed by atoms with Crippen molar-refractivity contribution in [3.8, 4) is 5.75 Å². The molecule has 0 spiro atoms. The van der Waals surface area contributed by atoms with Gasteiger partial charge in [0.1, 0.15) is 5.75 Å². The van der Waals surface area contributed by atoms with Gasteiger partial charge in [-0.1, -0.05) is 11.6 Å². The predicted molar refractivity (Wildman–Crippen MR) is 77.2 cm³/mol. The van der Waals surface area contributed by atoms with Crippen LogP contribution in [0.3, 0.4) is 0 Å². The fourth-order valence-electron chi connectivity index (χ4n) is 1.69. The van der Waals surface area contributed by atoms with Crippen LogP contribution in [0.15, 0.2) is 18.2 Å². The number of halogens is 1. The number of nitrogens with zero attached hydrogens (tertiary/aromatic N) is 1. The smallest absolute Gasteiger partial charge is 0.260 e. The molecule has 0 bridgehead atoms. The summed E-state index contributed by atoms with van der Waals surface area (Å²) < 4.78 is 10.3. The van der Waals surface area contributed by atoms with Crippen molar-refractivity contribution in [3.05, 3.63) is 28.8 Å². The number of hydrogen-bond acceptors (Lipinski definition) is 4. The molecule has 0 heterocycles. The Morgan fingerprint density at radius 1 is 1.50 bits per heavy atom. The molecule has 1 atom stereocenters. The van der Waals surface area contributed by atoms with Crippen molar-refractivity contribution in [1.82, 2.24) is 4.90 Å². The fraction of sp³-hybridized carbons (Fsp3) is 0.500. The summed E-state index contributed by atoms with van der Waals surface area (Å²) in [6, 6.07) is 5.21. The highest BCUT2D eigenvalue weighted by molar-refractivity contribution is 6.30. The van der Waals surface area contributed by atoms with Gasteiger partial charge in [-0.3, -0.25) is 4.79 Å². The average Bonchev–Trinajstić information content (AvgIpc) is 2.37. The molecule has 20 heavy (non-hydrogen) atoms. The van der Waals surface area contributed by atoms with Gasteiger partial charge in [0.2, 0.25) is 0 Å². The Labute approximate surface area is 124 Å². The van der Waals surface area contributed by atoms with E-state index >= 15 is 0 Å². The number of aryl methyl sites for hydroxylation is 1. The van der Waals surface area contributed by atoms with Crippen LogP contribution >= 0.6 is 11.6 Å². The normalized spacial score (nSPS) is 12.1. The van der Waals surface area contributed by atoms with Crippen LogP contribution in [0.2, 0.25) is 5.02 Å². The van der Waals surface area contributed by atoms with Crippen LogP contribution in [0.25, 0.3) is 0 Å². The Morgan fingerprint density at radius 2 is 2.20 bits per heavy atom. The standard InChI is InChI=1S/C14H20ClNO4/c1-10-6-11(15)4-5-13(10)20-9-14(18)16(2)7-12(17)8-19-3/h4-6,12,17H,7-9H2,1-3H3. The summed E-state index contributed by atoms with van der Waals surface area (Å²) in [4.78, 5) is 13.3. The Hall–Kier alpha value is -1.30. The van der Waals surface area contributed by atoms with Gasteiger partial charge < -0.3 is 19.5 Å². The molecule has 0 saturated carbocycles. The number of methoxy groups -OCH3 is 1. The summed E-state index contributed by atoms with van der Waals surface area (Å²) >= 11 is 5.85. The van der Waals surface area contributed by atoms with Crippen LogP contribution in [0, 0.1) is 6.92 Å². The first-order valence-corrected chi connectivity index (χ1v) is 6.61. The number of likely N-dealkylation sites (N-methyl/N-ethyl adjacent to an activating group) is 1. The largest absolute Gasteiger partial charge is 0.483 e. The first kappa shape index (κ1) is 16.8. The van der Waals surface area contributed by atoms with E-state index < -0.39 is 6.10 Å². The van der Waals surface area contributed by atoms with Crippen LogP contribution in [0.5, 0.6) is 5.75 Å². The third-order valence-electron chi connectivity index (χ3n) is 2.76. The van der Waals surface area contributed by atoms with Crippen LogP contribution in [-0.4, -0.2) is 55.9 Å². The number of ether oxygens (including phenoxy) is 2. The number of carbonyl (C=O) groups is 1. The predicted octanol–water partition coefficient (Wildman–Crippen LogP) is 1.49. The molecule has 1 rings (SSSR count). The Kier molecular flexibility index (Phi) is 6.78. The van der Waals surface area contributed by atoms with E-state index in [2.05, 4.69) is 0 Å². The second kappa shape index (κ2) is 8.09. The third-order valence-corrected chi connectivity index (χ3v) is 2.99. The molecule has 1 N–H and O–H groups in total. The van der Waals surface area contributed by atoms with Crippen LogP contribution < -0.4 is 4.74 Å². The van der Waals surface area contributed by atoms with E-state index in [1.54, 1.807) is 25.2 Å². The van der Waals surface area contributed by atoms with Crippen LogP contribution in [-0.2, 0) is 9.53 Å². The molecule has 0 aromatic heterocycles. The molecular formula is C14H20ClNO4. The number of aliphatic hydroxyl groups is 1. The van der Waals surface area contributed by atoms with Gasteiger partial charge in [-0.25, -0.2) is 0 Å². The van der Waals surface area contributed by atoms with Gasteiger partial charge in [0.05, 0.1) is 12.7 Å². The number of hydrogen-bond donors (Lipinski definition) is 1. The summed E-state index contributed by atoms with van der Waals surface area (Å²) in [6.45, 7) is 2.17. The second-order valence-corrected chi connectivity index (χ2v) is 5.02. The molecule has 1 aromatic carbocycles. The van der Waals surface area contributed by atoms with E-state index in [4.69, 9.17) is 21.1 Å². The Morgan fingerprint density at radius 3 is 2.80 bits per heavy atom. The van der Waals surface area contributed by atoms with Crippen molar-refractivity contribution in [2.45, 2.75) is 13.0 Å². The number of amides is 1. The summed E-state index contributed by atoms with van der Waals surface area (Å²) in [5.41, 5.74) is 0.868. The van der Waals surface area contributed by atoms with Gasteiger partial charge in [-0.2, -0.15) is 0 Å². The third kappa shape index (κ3) is 5.36. The molecule has 6 heteroatoms. The van der Waals surface area contributed by atoms with Crippen molar-refractivity contribution in [3.63, 3.8) is 0 Å². The summed E-state index contributed by atoms with van der Waals surface area (Å²) in [5.74, 6) is 0.406. The van der Waals surface area contributed by atoms with Crippen molar-refractivity contribution in [2.24, 2.45) is 0 Å². The quantitative estimate of drug-likeness (QED) is 0.829. The molecule has 1 amide bonds. The zero-order valence-electron chi connectivity index (χ0n) is 11.9. The monoisotopic (exact) mass is 301 g/mol. The van der Waals surface area contributed by atoms with Crippen molar-refractivity contribution >= 4 is 17.5 Å². The molecule has 0 aliphatic carbocycles. The first-order valence-electron chi connectivity index (χ1n) is 6.24. The molecule has 112 valence electrons. The number of benzene rings is 1. The topological polar surface area (TPSA) is 59.0 Å². The maximum atomic E-state index is 11.9. The lowest BCUT2D eigenvalue weighted by Crippen LogP contribution is -2.38. The van der Waals surface area contributed by atoms with Crippen molar-refractivity contribution < 1.29 is 19.4 Å². The molecule has 1 aromatic rings. The molecule has 0 fully saturated rings. The zero-order valence-corrected chi connectivity index (χ0v) is 12.7. The minimum atomic E-state index is -0.703. The SMILES string of the molecule is COCC(O)CN(C)C(=O)COc1ccc(Cl)cc1C. The maximum absolute atomic E-state index is 11.9. The molecule has 0 radical (unpaired) electrons. The van der Waals surface area contributed by atoms with Gasteiger partial charge >= 0.3 is 0 Å². The van der Waals surface area contributed by atoms with Gasteiger partial charge in [-0.05, 0) is 30.7 Å². The molecule has 0 aliphatic rings. The van der Waals surface area contributed by atoms with Crippen molar-refractivity contribution in [1.29, 1.82) is 0 Å². The summed E-state index contributed by atoms with van der Waals surface area (Å²) in [7, 11) is 3.11. The highest BCUT2D eigenvalue weighted by Crippen LogP contribution is 2.21. The van der Waals surface area contributed by atoms with Crippen LogP contribution in [0.1, 0.15) is 5.56 Å². The number of carbonyl (C=O) groups excluding carboxylic acids is 1. The molecule has 1 unspecified atom stereocenters. The van der Waals surface area contributed by atoms with Gasteiger partial charge in [0.15, 0.2) is 6.61 Å². The average molecular weight is 302 g/mol. The minimum absolute atomic E-state index is 0.0846. The lowest BCUT2D eigenvalue weighted by atomic mass is 10.2.